The molecule has 0 spiro atoms. The van der Waals surface area contributed by atoms with Crippen LogP contribution >= 0.6 is 0 Å². The number of hydrogen-bond acceptors (Lipinski definition) is 31. The predicted octanol–water partition coefficient (Wildman–Crippen LogP) is 2.27. The Bertz CT molecular complexity index is 3650. The molecule has 0 amide bonds. The Balaban J connectivity index is 1.36. The summed E-state index contributed by atoms with van der Waals surface area (Å²) >= 11 is 0. The first-order valence-electron chi connectivity index (χ1n) is 21.7. The van der Waals surface area contributed by atoms with Crippen molar-refractivity contribution in [1.29, 1.82) is 0 Å². The maximum atomic E-state index is 14.7. The zero-order valence-corrected chi connectivity index (χ0v) is 39.0. The van der Waals surface area contributed by atoms with Crippen LogP contribution in [-0.4, -0.2) is 170 Å². The van der Waals surface area contributed by atoms with Gasteiger partial charge in [0, 0.05) is 23.3 Å². The van der Waals surface area contributed by atoms with Crippen LogP contribution in [0.25, 0.3) is 11.1 Å². The van der Waals surface area contributed by atoms with E-state index in [-0.39, 0.29) is 12.1 Å². The number of benzene rings is 6. The highest BCUT2D eigenvalue weighted by molar-refractivity contribution is 6.08. The van der Waals surface area contributed by atoms with E-state index < -0.39 is 233 Å². The number of carbonyl (C=O) groups excluding carboxylic acids is 5. The highest BCUT2D eigenvalue weighted by Gasteiger charge is 2.56. The van der Waals surface area contributed by atoms with E-state index in [0.29, 0.717) is 36.4 Å². The number of aromatic carboxylic acids is 1. The molecular formula is C48H34O32. The fraction of sp³-hybridized carbons (Fsp3) is 0.125. The van der Waals surface area contributed by atoms with Crippen LogP contribution in [0.1, 0.15) is 62.1 Å². The van der Waals surface area contributed by atoms with Gasteiger partial charge in [0.25, 0.3) is 0 Å². The summed E-state index contributed by atoms with van der Waals surface area (Å²) < 4.78 is 38.9. The Labute approximate surface area is 439 Å². The number of phenols is 18. The van der Waals surface area contributed by atoms with Crippen molar-refractivity contribution >= 4 is 35.8 Å². The van der Waals surface area contributed by atoms with Gasteiger partial charge in [-0.05, 0) is 36.4 Å². The number of phenolic OH excluding ortho intramolecular Hbond substituents is 18. The lowest BCUT2D eigenvalue weighted by Crippen LogP contribution is -2.63. The molecule has 6 aromatic rings. The summed E-state index contributed by atoms with van der Waals surface area (Å²) in [6.07, 6.45) is -13.7. The van der Waals surface area contributed by atoms with E-state index in [4.69, 9.17) is 33.2 Å². The van der Waals surface area contributed by atoms with E-state index in [1.54, 1.807) is 0 Å². The molecular weight excluding hydrogens is 1090 g/mol. The molecule has 2 aliphatic rings. The molecule has 2 heterocycles. The fourth-order valence-corrected chi connectivity index (χ4v) is 7.90. The van der Waals surface area contributed by atoms with E-state index >= 15 is 0 Å². The second-order valence-electron chi connectivity index (χ2n) is 16.8. The summed E-state index contributed by atoms with van der Waals surface area (Å²) in [7, 11) is 0. The zero-order chi connectivity index (χ0) is 58.8. The lowest BCUT2D eigenvalue weighted by molar-refractivity contribution is -0.282. The summed E-state index contributed by atoms with van der Waals surface area (Å²) in [4.78, 5) is 83.5. The van der Waals surface area contributed by atoms with Crippen molar-refractivity contribution in [3.63, 3.8) is 0 Å². The van der Waals surface area contributed by atoms with Crippen LogP contribution in [-0.2, 0) is 28.4 Å². The van der Waals surface area contributed by atoms with Gasteiger partial charge < -0.3 is 130 Å². The van der Waals surface area contributed by atoms with Crippen LogP contribution in [0, 0.1) is 0 Å². The zero-order valence-electron chi connectivity index (χ0n) is 39.0. The number of ether oxygens (including phenoxy) is 7. The van der Waals surface area contributed by atoms with Crippen LogP contribution in [0.15, 0.2) is 48.5 Å². The van der Waals surface area contributed by atoms with Crippen LogP contribution < -0.4 is 4.74 Å². The number of fused-ring (bicyclic) bond motifs is 4. The molecule has 80 heavy (non-hydrogen) atoms. The number of rotatable bonds is 9. The third kappa shape index (κ3) is 9.41. The first-order chi connectivity index (χ1) is 37.5. The number of carboxylic acid groups (broad SMARTS) is 1. The monoisotopic (exact) mass is 1120 g/mol. The Morgan fingerprint density at radius 1 is 0.438 bits per heavy atom. The summed E-state index contributed by atoms with van der Waals surface area (Å²) in [5.41, 5.74) is -9.11. The Morgan fingerprint density at radius 2 is 0.900 bits per heavy atom. The largest absolute Gasteiger partial charge is 0.504 e. The van der Waals surface area contributed by atoms with Gasteiger partial charge in [-0.2, -0.15) is 0 Å². The van der Waals surface area contributed by atoms with Gasteiger partial charge >= 0.3 is 35.8 Å². The van der Waals surface area contributed by atoms with E-state index in [9.17, 15) is 126 Å². The van der Waals surface area contributed by atoms with Gasteiger partial charge in [-0.1, -0.05) is 0 Å². The summed E-state index contributed by atoms with van der Waals surface area (Å²) in [6.45, 7) is -1.43. The third-order valence-electron chi connectivity index (χ3n) is 11.8. The highest BCUT2D eigenvalue weighted by atomic mass is 16.7. The lowest BCUT2D eigenvalue weighted by atomic mass is 9.92. The number of cyclic esters (lactones) is 1. The van der Waals surface area contributed by atoms with Crippen molar-refractivity contribution in [2.24, 2.45) is 0 Å². The Hall–Kier alpha value is -11.7. The minimum absolute atomic E-state index is 0.238. The van der Waals surface area contributed by atoms with Crippen molar-refractivity contribution in [2.45, 2.75) is 30.7 Å². The molecule has 32 heteroatoms. The first kappa shape index (κ1) is 54.6. The van der Waals surface area contributed by atoms with Crippen molar-refractivity contribution in [3.05, 3.63) is 81.9 Å². The maximum Gasteiger partial charge on any atom is 0.342 e. The molecule has 0 aromatic heterocycles. The van der Waals surface area contributed by atoms with Crippen LogP contribution in [0.3, 0.4) is 0 Å². The number of carboxylic acids is 1. The molecule has 1 fully saturated rings. The molecule has 1 saturated heterocycles. The smallest absolute Gasteiger partial charge is 0.342 e. The standard InChI is InChI=1S/C48H34O32/c49-16-2-11(3-17(50)28(16)57)43(69)80-48-41(79-47(73)15-8-22(55)33(62)37(66)38(15)75-23-4-10(42(67)68)1-18(51)29(23)58)40(78-46(72)14-7-21(54)32(61)36(65)27(14)56)39-24(76-48)9-74-44(70)12-5-19(52)30(59)34(63)25(12)26-13(45(71)77-39)6-20(53)31(60)35(26)64/h1-8,24,39-41,48-66H,9H2,(H,67,68)/t24-,39-,40+,41-,48+/m1/s1. The lowest BCUT2D eigenvalue weighted by Gasteiger charge is -2.43. The van der Waals surface area contributed by atoms with Gasteiger partial charge in [0.2, 0.25) is 52.6 Å². The number of carbonyl (C=O) groups is 6. The SMILES string of the molecule is O=C(O)c1cc(O)c(O)c(Oc2c(C(=O)O[C@H]3[C@H](OC(=O)c4cc(O)c(O)c(O)c4)O[C@@H]4COC(=O)c5cc(O)c(O)c(O)c5-c5c(cc(O)c(O)c5O)C(=O)O[C@H]4[C@@H]3OC(=O)c3cc(O)c(O)c(O)c3O)cc(O)c(O)c2O)c1. The molecule has 6 aromatic carbocycles. The molecule has 0 radical (unpaired) electrons. The summed E-state index contributed by atoms with van der Waals surface area (Å²) in [5.74, 6) is -39.2. The molecule has 418 valence electrons. The molecule has 19 N–H and O–H groups in total. The second-order valence-corrected chi connectivity index (χ2v) is 16.8. The Kier molecular flexibility index (Phi) is 13.7. The first-order valence-corrected chi connectivity index (χ1v) is 21.7. The van der Waals surface area contributed by atoms with E-state index in [0.717, 1.165) is 0 Å². The van der Waals surface area contributed by atoms with Crippen molar-refractivity contribution in [2.75, 3.05) is 6.61 Å². The number of esters is 5. The molecule has 0 bridgehead atoms. The number of aromatic hydroxyl groups is 18. The van der Waals surface area contributed by atoms with Gasteiger partial charge in [-0.25, -0.2) is 28.8 Å². The minimum Gasteiger partial charge on any atom is -0.504 e. The van der Waals surface area contributed by atoms with Gasteiger partial charge in [-0.3, -0.25) is 0 Å². The van der Waals surface area contributed by atoms with Crippen molar-refractivity contribution < 1.29 is 159 Å². The normalized spacial score (nSPS) is 17.7. The molecule has 0 unspecified atom stereocenters. The Morgan fingerprint density at radius 3 is 1.48 bits per heavy atom. The van der Waals surface area contributed by atoms with E-state index in [1.165, 1.54) is 0 Å². The predicted molar refractivity (Wildman–Crippen MR) is 247 cm³/mol. The van der Waals surface area contributed by atoms with Crippen LogP contribution in [0.4, 0.5) is 0 Å². The van der Waals surface area contributed by atoms with Crippen molar-refractivity contribution in [3.8, 4) is 126 Å². The second kappa shape index (κ2) is 20.1. The summed E-state index contributed by atoms with van der Waals surface area (Å²) in [5, 5.41) is 199. The quantitative estimate of drug-likeness (QED) is 0.0427. The van der Waals surface area contributed by atoms with Gasteiger partial charge in [-0.15, -0.1) is 0 Å². The molecule has 5 atom stereocenters. The van der Waals surface area contributed by atoms with Gasteiger partial charge in [0.1, 0.15) is 23.8 Å². The van der Waals surface area contributed by atoms with Gasteiger partial charge in [0.05, 0.1) is 22.3 Å². The minimum atomic E-state index is -2.92. The molecule has 8 rings (SSSR count). The highest BCUT2D eigenvalue weighted by Crippen LogP contribution is 2.54. The molecule has 0 saturated carbocycles. The molecule has 2 aliphatic heterocycles. The van der Waals surface area contributed by atoms with Crippen LogP contribution in [0.2, 0.25) is 0 Å². The van der Waals surface area contributed by atoms with Crippen molar-refractivity contribution in [1.82, 2.24) is 0 Å². The third-order valence-corrected chi connectivity index (χ3v) is 11.8. The van der Waals surface area contributed by atoms with E-state index in [2.05, 4.69) is 0 Å². The topological polar surface area (TPSA) is 551 Å². The molecule has 0 aliphatic carbocycles. The fourth-order valence-electron chi connectivity index (χ4n) is 7.90. The van der Waals surface area contributed by atoms with Crippen LogP contribution in [0.5, 0.6) is 115 Å². The maximum absolute atomic E-state index is 14.7. The van der Waals surface area contributed by atoms with E-state index in [1.807, 2.05) is 0 Å². The summed E-state index contributed by atoms with van der Waals surface area (Å²) in [6, 6.07) is 3.12. The average Bonchev–Trinajstić information content (AvgIpc) is 3.42. The molecule has 32 nitrogen and oxygen atoms in total. The van der Waals surface area contributed by atoms with Gasteiger partial charge in [0.15, 0.2) is 87.0 Å². The number of hydrogen-bond donors (Lipinski definition) is 19. The average molecular weight is 1120 g/mol.